The van der Waals surface area contributed by atoms with Crippen LogP contribution in [0.5, 0.6) is 5.75 Å². The Balaban J connectivity index is 1.91. The molecule has 0 heterocycles. The number of carbonyl (C=O) groups excluding carboxylic acids is 2. The molecule has 0 spiro atoms. The Morgan fingerprint density at radius 3 is 1.54 bits per heavy atom. The highest BCUT2D eigenvalue weighted by atomic mass is 16.5. The number of carbonyl (C=O) groups is 2. The van der Waals surface area contributed by atoms with Crippen LogP contribution in [0.25, 0.3) is 0 Å². The highest BCUT2D eigenvalue weighted by molar-refractivity contribution is 5.72. The van der Waals surface area contributed by atoms with Gasteiger partial charge in [0.15, 0.2) is 0 Å². The van der Waals surface area contributed by atoms with E-state index in [0.29, 0.717) is 31.6 Å². The molecule has 0 unspecified atom stereocenters. The maximum atomic E-state index is 11.9. The van der Waals surface area contributed by atoms with Crippen LogP contribution in [-0.2, 0) is 20.7 Å². The first-order valence-electron chi connectivity index (χ1n) is 14.6. The van der Waals surface area contributed by atoms with Crippen molar-refractivity contribution >= 4 is 11.9 Å². The Kier molecular flexibility index (Phi) is 20.2. The van der Waals surface area contributed by atoms with Crippen LogP contribution in [0, 0.1) is 0 Å². The van der Waals surface area contributed by atoms with E-state index < -0.39 is 0 Å². The lowest BCUT2D eigenvalue weighted by Crippen LogP contribution is -2.08. The second-order valence-corrected chi connectivity index (χ2v) is 9.89. The molecule has 0 saturated carbocycles. The molecule has 0 aliphatic rings. The van der Waals surface area contributed by atoms with E-state index in [9.17, 15) is 9.59 Å². The summed E-state index contributed by atoms with van der Waals surface area (Å²) in [6.45, 7) is 4.72. The van der Waals surface area contributed by atoms with Crippen molar-refractivity contribution in [2.45, 2.75) is 142 Å². The van der Waals surface area contributed by atoms with Crippen molar-refractivity contribution in [2.75, 3.05) is 6.61 Å². The van der Waals surface area contributed by atoms with Crippen LogP contribution in [0.2, 0.25) is 0 Å². The number of benzene rings is 1. The minimum Gasteiger partial charge on any atom is -0.465 e. The van der Waals surface area contributed by atoms with Crippen LogP contribution >= 0.6 is 0 Å². The van der Waals surface area contributed by atoms with Gasteiger partial charge >= 0.3 is 11.9 Å². The molecule has 0 radical (unpaired) electrons. The molecule has 0 bridgehead atoms. The lowest BCUT2D eigenvalue weighted by molar-refractivity contribution is -0.143. The first-order chi connectivity index (χ1) is 17.2. The van der Waals surface area contributed by atoms with Gasteiger partial charge in [0.05, 0.1) is 6.61 Å². The summed E-state index contributed by atoms with van der Waals surface area (Å²) >= 11 is 0. The van der Waals surface area contributed by atoms with E-state index in [1.54, 1.807) is 12.1 Å². The van der Waals surface area contributed by atoms with Crippen molar-refractivity contribution in [1.29, 1.82) is 0 Å². The van der Waals surface area contributed by atoms with E-state index in [4.69, 9.17) is 9.47 Å². The van der Waals surface area contributed by atoms with Gasteiger partial charge in [-0.25, -0.2) is 0 Å². The predicted octanol–water partition coefficient (Wildman–Crippen LogP) is 9.13. The predicted molar refractivity (Wildman–Crippen MR) is 146 cm³/mol. The van der Waals surface area contributed by atoms with Gasteiger partial charge in [0, 0.05) is 19.3 Å². The van der Waals surface area contributed by atoms with Gasteiger partial charge < -0.3 is 9.47 Å². The molecule has 1 rings (SSSR count). The minimum absolute atomic E-state index is 0.0961. The maximum Gasteiger partial charge on any atom is 0.311 e. The minimum atomic E-state index is -0.188. The summed E-state index contributed by atoms with van der Waals surface area (Å²) in [6, 6.07) is 7.45. The molecule has 0 amide bonds. The molecule has 0 aromatic heterocycles. The molecular formula is C31H52O4. The monoisotopic (exact) mass is 488 g/mol. The van der Waals surface area contributed by atoms with E-state index in [2.05, 4.69) is 13.8 Å². The fourth-order valence-electron chi connectivity index (χ4n) is 4.22. The number of hydrogen-bond acceptors (Lipinski definition) is 4. The summed E-state index contributed by atoms with van der Waals surface area (Å²) in [5, 5.41) is 0. The van der Waals surface area contributed by atoms with Crippen LogP contribution in [0.4, 0.5) is 0 Å². The Morgan fingerprint density at radius 2 is 1.03 bits per heavy atom. The fourth-order valence-corrected chi connectivity index (χ4v) is 4.22. The zero-order chi connectivity index (χ0) is 25.4. The van der Waals surface area contributed by atoms with Gasteiger partial charge in [0.2, 0.25) is 0 Å². The first kappa shape index (κ1) is 31.2. The molecule has 4 heteroatoms. The number of rotatable bonds is 23. The van der Waals surface area contributed by atoms with Gasteiger partial charge in [0.1, 0.15) is 5.75 Å². The second kappa shape index (κ2) is 22.6. The van der Waals surface area contributed by atoms with E-state index in [1.165, 1.54) is 83.5 Å². The normalized spacial score (nSPS) is 10.9. The SMILES string of the molecule is CCCCCCCCCCCCCCCCCC(=O)OCCc1ccc(OC(=O)CCCC)cc1. The highest BCUT2D eigenvalue weighted by Crippen LogP contribution is 2.15. The topological polar surface area (TPSA) is 52.6 Å². The average molecular weight is 489 g/mol. The molecule has 1 aromatic rings. The number of hydrogen-bond donors (Lipinski definition) is 0. The van der Waals surface area contributed by atoms with Gasteiger partial charge in [-0.05, 0) is 30.5 Å². The van der Waals surface area contributed by atoms with Gasteiger partial charge in [0.25, 0.3) is 0 Å². The van der Waals surface area contributed by atoms with Crippen molar-refractivity contribution in [3.05, 3.63) is 29.8 Å². The number of ether oxygens (including phenoxy) is 2. The second-order valence-electron chi connectivity index (χ2n) is 9.89. The molecule has 0 N–H and O–H groups in total. The van der Waals surface area contributed by atoms with Crippen LogP contribution in [0.3, 0.4) is 0 Å². The van der Waals surface area contributed by atoms with Crippen molar-refractivity contribution in [3.8, 4) is 5.75 Å². The molecule has 4 nitrogen and oxygen atoms in total. The Hall–Kier alpha value is -1.84. The summed E-state index contributed by atoms with van der Waals surface area (Å²) < 4.78 is 10.7. The Bertz CT molecular complexity index is 638. The van der Waals surface area contributed by atoms with Crippen LogP contribution in [0.15, 0.2) is 24.3 Å². The maximum absolute atomic E-state index is 11.9. The van der Waals surface area contributed by atoms with Gasteiger partial charge in [-0.3, -0.25) is 9.59 Å². The van der Waals surface area contributed by atoms with Crippen LogP contribution in [0.1, 0.15) is 141 Å². The van der Waals surface area contributed by atoms with Gasteiger partial charge in [-0.1, -0.05) is 122 Å². The summed E-state index contributed by atoms with van der Waals surface area (Å²) in [5.41, 5.74) is 1.07. The number of esters is 2. The molecule has 35 heavy (non-hydrogen) atoms. The summed E-state index contributed by atoms with van der Waals surface area (Å²) in [7, 11) is 0. The van der Waals surface area contributed by atoms with Crippen molar-refractivity contribution in [3.63, 3.8) is 0 Å². The van der Waals surface area contributed by atoms with Crippen molar-refractivity contribution in [1.82, 2.24) is 0 Å². The molecule has 0 saturated heterocycles. The Labute approximate surface area is 215 Å². The van der Waals surface area contributed by atoms with E-state index in [-0.39, 0.29) is 11.9 Å². The lowest BCUT2D eigenvalue weighted by atomic mass is 10.0. The smallest absolute Gasteiger partial charge is 0.311 e. The molecular weight excluding hydrogens is 436 g/mol. The fraction of sp³-hybridized carbons (Fsp3) is 0.742. The molecule has 0 atom stereocenters. The van der Waals surface area contributed by atoms with E-state index in [0.717, 1.165) is 31.2 Å². The highest BCUT2D eigenvalue weighted by Gasteiger charge is 2.06. The standard InChI is InChI=1S/C31H52O4/c1-3-5-7-8-9-10-11-12-13-14-15-16-17-18-19-21-30(32)34-27-26-28-22-24-29(25-23-28)35-31(33)20-6-4-2/h22-25H,3-21,26-27H2,1-2H3. The van der Waals surface area contributed by atoms with Crippen LogP contribution in [-0.4, -0.2) is 18.5 Å². The van der Waals surface area contributed by atoms with Crippen molar-refractivity contribution in [2.24, 2.45) is 0 Å². The summed E-state index contributed by atoms with van der Waals surface area (Å²) in [6.07, 6.45) is 23.3. The van der Waals surface area contributed by atoms with Gasteiger partial charge in [-0.2, -0.15) is 0 Å². The average Bonchev–Trinajstić information content (AvgIpc) is 2.86. The zero-order valence-corrected chi connectivity index (χ0v) is 22.8. The quantitative estimate of drug-likeness (QED) is 0.0875. The van der Waals surface area contributed by atoms with E-state index >= 15 is 0 Å². The molecule has 200 valence electrons. The largest absolute Gasteiger partial charge is 0.465 e. The van der Waals surface area contributed by atoms with E-state index in [1.807, 2.05) is 12.1 Å². The first-order valence-corrected chi connectivity index (χ1v) is 14.6. The third-order valence-corrected chi connectivity index (χ3v) is 6.53. The number of unbranched alkanes of at least 4 members (excludes halogenated alkanes) is 15. The molecule has 0 aliphatic heterocycles. The molecule has 0 fully saturated rings. The van der Waals surface area contributed by atoms with Crippen LogP contribution < -0.4 is 4.74 Å². The lowest BCUT2D eigenvalue weighted by Gasteiger charge is -2.07. The summed E-state index contributed by atoms with van der Waals surface area (Å²) in [5.74, 6) is 0.286. The molecule has 1 aromatic carbocycles. The third-order valence-electron chi connectivity index (χ3n) is 6.53. The summed E-state index contributed by atoms with van der Waals surface area (Å²) in [4.78, 5) is 23.6. The zero-order valence-electron chi connectivity index (χ0n) is 22.8. The van der Waals surface area contributed by atoms with Crippen molar-refractivity contribution < 1.29 is 19.1 Å². The van der Waals surface area contributed by atoms with Gasteiger partial charge in [-0.15, -0.1) is 0 Å². The third kappa shape index (κ3) is 19.1. The molecule has 0 aliphatic carbocycles. The Morgan fingerprint density at radius 1 is 0.571 bits per heavy atom.